The van der Waals surface area contributed by atoms with E-state index in [9.17, 15) is 14.4 Å². The predicted octanol–water partition coefficient (Wildman–Crippen LogP) is 3.59. The number of likely N-dealkylation sites (tertiary alicyclic amines) is 1. The molecule has 1 fully saturated rings. The maximum atomic E-state index is 12.5. The Kier molecular flexibility index (Phi) is 4.57. The molecule has 1 aromatic carbocycles. The number of hydrogen-bond acceptors (Lipinski definition) is 5. The van der Waals surface area contributed by atoms with Gasteiger partial charge in [0.05, 0.1) is 0 Å². The molecule has 1 amide bonds. The van der Waals surface area contributed by atoms with E-state index in [0.29, 0.717) is 49.1 Å². The standard InChI is InChI=1S/C22H23NO5/c1-12-14(3)27-19-11-20-18(10-17(12)19)13(2)16(22(26)28-20)4-5-21(25)23-8-6-15(24)7-9-23/h10-11H,4-9H2,1-3H3. The van der Waals surface area contributed by atoms with Crippen molar-refractivity contribution in [2.24, 2.45) is 0 Å². The molecule has 6 nitrogen and oxygen atoms in total. The first-order valence-electron chi connectivity index (χ1n) is 9.60. The van der Waals surface area contributed by atoms with Crippen LogP contribution in [0.2, 0.25) is 0 Å². The molecule has 4 rings (SSSR count). The van der Waals surface area contributed by atoms with Gasteiger partial charge in [-0.05, 0) is 44.4 Å². The van der Waals surface area contributed by atoms with Crippen molar-refractivity contribution in [2.75, 3.05) is 13.1 Å². The number of hydrogen-bond donors (Lipinski definition) is 0. The summed E-state index contributed by atoms with van der Waals surface area (Å²) in [6.45, 7) is 6.76. The van der Waals surface area contributed by atoms with Crippen molar-refractivity contribution >= 4 is 33.6 Å². The van der Waals surface area contributed by atoms with Gasteiger partial charge < -0.3 is 13.7 Å². The number of ketones is 1. The fraction of sp³-hybridized carbons (Fsp3) is 0.409. The SMILES string of the molecule is Cc1oc2cc3oc(=O)c(CCC(=O)N4CCC(=O)CC4)c(C)c3cc2c1C. The molecule has 0 aliphatic carbocycles. The summed E-state index contributed by atoms with van der Waals surface area (Å²) in [7, 11) is 0. The van der Waals surface area contributed by atoms with Crippen LogP contribution in [0.1, 0.15) is 41.7 Å². The second kappa shape index (κ2) is 6.93. The Hall–Kier alpha value is -2.89. The molecule has 2 aromatic heterocycles. The molecular weight excluding hydrogens is 358 g/mol. The molecular formula is C22H23NO5. The lowest BCUT2D eigenvalue weighted by molar-refractivity contribution is -0.134. The number of rotatable bonds is 3. The Bertz CT molecular complexity index is 1160. The lowest BCUT2D eigenvalue weighted by Crippen LogP contribution is -2.38. The molecule has 0 spiro atoms. The van der Waals surface area contributed by atoms with Crippen molar-refractivity contribution in [1.29, 1.82) is 0 Å². The summed E-state index contributed by atoms with van der Waals surface area (Å²) in [4.78, 5) is 38.0. The van der Waals surface area contributed by atoms with Crippen molar-refractivity contribution in [2.45, 2.75) is 46.5 Å². The van der Waals surface area contributed by atoms with E-state index in [1.165, 1.54) is 0 Å². The monoisotopic (exact) mass is 381 g/mol. The van der Waals surface area contributed by atoms with Crippen molar-refractivity contribution in [3.05, 3.63) is 45.0 Å². The fourth-order valence-electron chi connectivity index (χ4n) is 3.91. The van der Waals surface area contributed by atoms with Crippen LogP contribution in [0.3, 0.4) is 0 Å². The van der Waals surface area contributed by atoms with Gasteiger partial charge in [0.15, 0.2) is 0 Å². The highest BCUT2D eigenvalue weighted by molar-refractivity contribution is 5.96. The van der Waals surface area contributed by atoms with Crippen LogP contribution in [0.25, 0.3) is 21.9 Å². The van der Waals surface area contributed by atoms with E-state index in [1.807, 2.05) is 26.8 Å². The normalized spacial score (nSPS) is 15.0. The molecule has 0 atom stereocenters. The minimum Gasteiger partial charge on any atom is -0.461 e. The van der Waals surface area contributed by atoms with Crippen molar-refractivity contribution < 1.29 is 18.4 Å². The lowest BCUT2D eigenvalue weighted by atomic mass is 10.00. The number of piperidine rings is 1. The van der Waals surface area contributed by atoms with E-state index in [0.717, 1.165) is 27.7 Å². The van der Waals surface area contributed by atoms with Crippen LogP contribution < -0.4 is 5.63 Å². The molecule has 0 bridgehead atoms. The molecule has 0 N–H and O–H groups in total. The van der Waals surface area contributed by atoms with E-state index in [1.54, 1.807) is 11.0 Å². The van der Waals surface area contributed by atoms with Gasteiger partial charge in [0.2, 0.25) is 5.91 Å². The number of carbonyl (C=O) groups excluding carboxylic acids is 2. The van der Waals surface area contributed by atoms with Gasteiger partial charge in [-0.3, -0.25) is 9.59 Å². The van der Waals surface area contributed by atoms with Crippen molar-refractivity contribution in [3.63, 3.8) is 0 Å². The van der Waals surface area contributed by atoms with Gasteiger partial charge in [0, 0.05) is 54.8 Å². The van der Waals surface area contributed by atoms with Crippen LogP contribution in [-0.4, -0.2) is 29.7 Å². The smallest absolute Gasteiger partial charge is 0.339 e. The topological polar surface area (TPSA) is 80.7 Å². The van der Waals surface area contributed by atoms with Gasteiger partial charge in [-0.25, -0.2) is 4.79 Å². The zero-order chi connectivity index (χ0) is 20.0. The minimum absolute atomic E-state index is 0.0249. The summed E-state index contributed by atoms with van der Waals surface area (Å²) >= 11 is 0. The number of Topliss-reactive ketones (excluding diaryl/α,β-unsaturated/α-hetero) is 1. The van der Waals surface area contributed by atoms with Crippen LogP contribution in [0, 0.1) is 20.8 Å². The Morgan fingerprint density at radius 3 is 2.32 bits per heavy atom. The lowest BCUT2D eigenvalue weighted by Gasteiger charge is -2.26. The number of fused-ring (bicyclic) bond motifs is 2. The number of carbonyl (C=O) groups is 2. The average Bonchev–Trinajstić information content (AvgIpc) is 2.94. The number of nitrogens with zero attached hydrogens (tertiary/aromatic N) is 1. The van der Waals surface area contributed by atoms with E-state index < -0.39 is 5.63 Å². The van der Waals surface area contributed by atoms with Gasteiger partial charge in [-0.1, -0.05) is 0 Å². The molecule has 6 heteroatoms. The first-order chi connectivity index (χ1) is 13.3. The highest BCUT2D eigenvalue weighted by Crippen LogP contribution is 2.31. The number of furan rings is 1. The largest absolute Gasteiger partial charge is 0.461 e. The minimum atomic E-state index is -0.411. The summed E-state index contributed by atoms with van der Waals surface area (Å²) in [5.74, 6) is 1.02. The predicted molar refractivity (Wildman–Crippen MR) is 106 cm³/mol. The highest BCUT2D eigenvalue weighted by atomic mass is 16.4. The summed E-state index contributed by atoms with van der Waals surface area (Å²) in [5.41, 5.74) is 3.23. The molecule has 3 aromatic rings. The first-order valence-corrected chi connectivity index (χ1v) is 9.60. The van der Waals surface area contributed by atoms with Crippen LogP contribution in [-0.2, 0) is 16.0 Å². The molecule has 146 valence electrons. The van der Waals surface area contributed by atoms with Crippen molar-refractivity contribution in [3.8, 4) is 0 Å². The van der Waals surface area contributed by atoms with E-state index in [4.69, 9.17) is 8.83 Å². The van der Waals surface area contributed by atoms with Crippen LogP contribution in [0.15, 0.2) is 25.8 Å². The first kappa shape index (κ1) is 18.5. The van der Waals surface area contributed by atoms with Crippen LogP contribution >= 0.6 is 0 Å². The summed E-state index contributed by atoms with van der Waals surface area (Å²) in [6.07, 6.45) is 1.40. The van der Waals surface area contributed by atoms with Gasteiger partial charge in [0.1, 0.15) is 22.7 Å². The Balaban J connectivity index is 1.64. The molecule has 0 radical (unpaired) electrons. The van der Waals surface area contributed by atoms with Crippen LogP contribution in [0.5, 0.6) is 0 Å². The second-order valence-corrected chi connectivity index (χ2v) is 7.54. The summed E-state index contributed by atoms with van der Waals surface area (Å²) in [5, 5.41) is 1.86. The Morgan fingerprint density at radius 2 is 1.61 bits per heavy atom. The third-order valence-electron chi connectivity index (χ3n) is 5.85. The number of aryl methyl sites for hydroxylation is 3. The zero-order valence-electron chi connectivity index (χ0n) is 16.4. The Morgan fingerprint density at radius 1 is 0.964 bits per heavy atom. The van der Waals surface area contributed by atoms with E-state index in [2.05, 4.69) is 0 Å². The molecule has 28 heavy (non-hydrogen) atoms. The maximum absolute atomic E-state index is 12.5. The summed E-state index contributed by atoms with van der Waals surface area (Å²) < 4.78 is 11.3. The zero-order valence-corrected chi connectivity index (χ0v) is 16.4. The van der Waals surface area contributed by atoms with E-state index >= 15 is 0 Å². The number of amides is 1. The van der Waals surface area contributed by atoms with Gasteiger partial charge >= 0.3 is 5.63 Å². The Labute approximate surface area is 162 Å². The van der Waals surface area contributed by atoms with Gasteiger partial charge in [0.25, 0.3) is 0 Å². The second-order valence-electron chi connectivity index (χ2n) is 7.54. The van der Waals surface area contributed by atoms with Crippen molar-refractivity contribution in [1.82, 2.24) is 4.90 Å². The third kappa shape index (κ3) is 3.13. The molecule has 0 saturated carbocycles. The summed E-state index contributed by atoms with van der Waals surface area (Å²) in [6, 6.07) is 3.76. The number of benzene rings is 1. The highest BCUT2D eigenvalue weighted by Gasteiger charge is 2.22. The van der Waals surface area contributed by atoms with E-state index in [-0.39, 0.29) is 18.1 Å². The fourth-order valence-corrected chi connectivity index (χ4v) is 3.91. The maximum Gasteiger partial charge on any atom is 0.339 e. The van der Waals surface area contributed by atoms with Gasteiger partial charge in [-0.2, -0.15) is 0 Å². The third-order valence-corrected chi connectivity index (χ3v) is 5.85. The average molecular weight is 381 g/mol. The molecule has 3 heterocycles. The molecule has 1 aliphatic heterocycles. The molecule has 1 saturated heterocycles. The molecule has 1 aliphatic rings. The molecule has 0 unspecified atom stereocenters. The van der Waals surface area contributed by atoms with Gasteiger partial charge in [-0.15, -0.1) is 0 Å². The quantitative estimate of drug-likeness (QED) is 0.648. The van der Waals surface area contributed by atoms with Crippen LogP contribution in [0.4, 0.5) is 0 Å².